The molecule has 1 unspecified atom stereocenters. The summed E-state index contributed by atoms with van der Waals surface area (Å²) in [6.07, 6.45) is -4.20. The maximum atomic E-state index is 12.2. The summed E-state index contributed by atoms with van der Waals surface area (Å²) in [5, 5.41) is 12.6. The van der Waals surface area contributed by atoms with E-state index in [1.165, 1.54) is 24.5 Å². The minimum absolute atomic E-state index is 0.00199. The van der Waals surface area contributed by atoms with Crippen molar-refractivity contribution in [2.45, 2.75) is 18.8 Å². The van der Waals surface area contributed by atoms with Gasteiger partial charge in [-0.3, -0.25) is 4.90 Å². The molecule has 2 rings (SSSR count). The summed E-state index contributed by atoms with van der Waals surface area (Å²) in [4.78, 5) is 5.26. The molecule has 2 heterocycles. The van der Waals surface area contributed by atoms with Gasteiger partial charge in [0.1, 0.15) is 6.26 Å². The number of rotatable bonds is 5. The van der Waals surface area contributed by atoms with Crippen LogP contribution in [-0.4, -0.2) is 46.0 Å². The molecule has 110 valence electrons. The summed E-state index contributed by atoms with van der Waals surface area (Å²) in [6.45, 7) is -0.578. The molecule has 1 N–H and O–H groups in total. The standard InChI is InChI=1S/C11H12F3N3O3/c1-17(4-8(18)11(12,13)14)5-9-15-10(16-20-9)7-2-3-19-6-7/h2-3,6,8,18H,4-5H2,1H3. The number of likely N-dealkylation sites (N-methyl/N-ethyl adjacent to an activating group) is 1. The van der Waals surface area contributed by atoms with Crippen molar-refractivity contribution in [2.75, 3.05) is 13.6 Å². The summed E-state index contributed by atoms with van der Waals surface area (Å²) >= 11 is 0. The molecule has 0 saturated heterocycles. The van der Waals surface area contributed by atoms with E-state index < -0.39 is 18.8 Å². The van der Waals surface area contributed by atoms with Crippen LogP contribution in [0.3, 0.4) is 0 Å². The van der Waals surface area contributed by atoms with E-state index >= 15 is 0 Å². The number of aliphatic hydroxyl groups is 1. The molecule has 0 spiro atoms. The smallest absolute Gasteiger partial charge is 0.415 e. The molecule has 1 atom stereocenters. The van der Waals surface area contributed by atoms with Crippen LogP contribution in [0.4, 0.5) is 13.2 Å². The minimum atomic E-state index is -4.65. The van der Waals surface area contributed by atoms with Crippen LogP contribution < -0.4 is 0 Å². The molecule has 6 nitrogen and oxygen atoms in total. The van der Waals surface area contributed by atoms with E-state index in [2.05, 4.69) is 10.1 Å². The maximum Gasteiger partial charge on any atom is 0.415 e. The quantitative estimate of drug-likeness (QED) is 0.903. The van der Waals surface area contributed by atoms with Gasteiger partial charge in [0.25, 0.3) is 0 Å². The maximum absolute atomic E-state index is 12.2. The number of hydrogen-bond donors (Lipinski definition) is 1. The Hall–Kier alpha value is -1.87. The summed E-state index contributed by atoms with van der Waals surface area (Å²) in [7, 11) is 1.41. The summed E-state index contributed by atoms with van der Waals surface area (Å²) in [5.74, 6) is 0.441. The highest BCUT2D eigenvalue weighted by Gasteiger charge is 2.38. The largest absolute Gasteiger partial charge is 0.472 e. The molecule has 9 heteroatoms. The third-order valence-corrected chi connectivity index (χ3v) is 2.52. The fraction of sp³-hybridized carbons (Fsp3) is 0.455. The van der Waals surface area contributed by atoms with E-state index in [-0.39, 0.29) is 12.4 Å². The van der Waals surface area contributed by atoms with Crippen LogP contribution in [0.25, 0.3) is 11.4 Å². The van der Waals surface area contributed by atoms with Gasteiger partial charge in [0.05, 0.1) is 18.4 Å². The monoisotopic (exact) mass is 291 g/mol. The second-order valence-electron chi connectivity index (χ2n) is 4.28. The lowest BCUT2D eigenvalue weighted by molar-refractivity contribution is -0.207. The Kier molecular flexibility index (Phi) is 4.09. The van der Waals surface area contributed by atoms with Crippen molar-refractivity contribution < 1.29 is 27.2 Å². The molecule has 0 amide bonds. The van der Waals surface area contributed by atoms with Crippen molar-refractivity contribution in [1.82, 2.24) is 15.0 Å². The molecule has 20 heavy (non-hydrogen) atoms. The molecule has 0 radical (unpaired) electrons. The highest BCUT2D eigenvalue weighted by atomic mass is 19.4. The van der Waals surface area contributed by atoms with Crippen molar-refractivity contribution >= 4 is 0 Å². The normalized spacial score (nSPS) is 13.9. The first-order valence-electron chi connectivity index (χ1n) is 5.64. The van der Waals surface area contributed by atoms with Crippen LogP contribution >= 0.6 is 0 Å². The third-order valence-electron chi connectivity index (χ3n) is 2.52. The SMILES string of the molecule is CN(Cc1nc(-c2ccoc2)no1)CC(O)C(F)(F)F. The molecule has 0 aliphatic heterocycles. The van der Waals surface area contributed by atoms with Gasteiger partial charge in [0.15, 0.2) is 6.10 Å². The molecule has 0 saturated carbocycles. The minimum Gasteiger partial charge on any atom is -0.472 e. The van der Waals surface area contributed by atoms with Gasteiger partial charge < -0.3 is 14.0 Å². The van der Waals surface area contributed by atoms with Crippen LogP contribution in [0.2, 0.25) is 0 Å². The molecule has 0 bridgehead atoms. The number of aromatic nitrogens is 2. The van der Waals surface area contributed by atoms with Gasteiger partial charge in [-0.15, -0.1) is 0 Å². The lowest BCUT2D eigenvalue weighted by atomic mass is 10.3. The van der Waals surface area contributed by atoms with Gasteiger partial charge in [-0.05, 0) is 13.1 Å². The molecule has 0 aliphatic carbocycles. The van der Waals surface area contributed by atoms with Crippen LogP contribution in [-0.2, 0) is 6.54 Å². The zero-order valence-electron chi connectivity index (χ0n) is 10.5. The van der Waals surface area contributed by atoms with Gasteiger partial charge in [-0.25, -0.2) is 0 Å². The van der Waals surface area contributed by atoms with Crippen LogP contribution in [0.1, 0.15) is 5.89 Å². The molecular weight excluding hydrogens is 279 g/mol. The van der Waals surface area contributed by atoms with Gasteiger partial charge in [0, 0.05) is 6.54 Å². The Morgan fingerprint density at radius 3 is 2.80 bits per heavy atom. The van der Waals surface area contributed by atoms with Crippen molar-refractivity contribution in [3.8, 4) is 11.4 Å². The van der Waals surface area contributed by atoms with E-state index in [1.54, 1.807) is 6.07 Å². The third kappa shape index (κ3) is 3.58. The fourth-order valence-corrected chi connectivity index (χ4v) is 1.52. The number of nitrogens with zero attached hydrogens (tertiary/aromatic N) is 3. The van der Waals surface area contributed by atoms with Crippen LogP contribution in [0.5, 0.6) is 0 Å². The Morgan fingerprint density at radius 2 is 2.20 bits per heavy atom. The summed E-state index contributed by atoms with van der Waals surface area (Å²) in [5.41, 5.74) is 0.609. The molecule has 2 aromatic rings. The predicted molar refractivity (Wildman–Crippen MR) is 60.4 cm³/mol. The summed E-state index contributed by atoms with van der Waals surface area (Å²) in [6, 6.07) is 1.63. The van der Waals surface area contributed by atoms with Gasteiger partial charge in [-0.1, -0.05) is 5.16 Å². The number of hydrogen-bond acceptors (Lipinski definition) is 6. The molecule has 2 aromatic heterocycles. The zero-order valence-corrected chi connectivity index (χ0v) is 10.5. The van der Waals surface area contributed by atoms with Crippen molar-refractivity contribution in [3.63, 3.8) is 0 Å². The molecule has 0 aliphatic rings. The number of aliphatic hydroxyl groups excluding tert-OH is 1. The zero-order chi connectivity index (χ0) is 14.8. The van der Waals surface area contributed by atoms with E-state index in [0.717, 1.165) is 0 Å². The van der Waals surface area contributed by atoms with Crippen LogP contribution in [0, 0.1) is 0 Å². The first-order valence-corrected chi connectivity index (χ1v) is 5.64. The lowest BCUT2D eigenvalue weighted by Crippen LogP contribution is -2.39. The van der Waals surface area contributed by atoms with Crippen molar-refractivity contribution in [2.24, 2.45) is 0 Å². The highest BCUT2D eigenvalue weighted by molar-refractivity contribution is 5.51. The fourth-order valence-electron chi connectivity index (χ4n) is 1.52. The van der Waals surface area contributed by atoms with Crippen molar-refractivity contribution in [1.29, 1.82) is 0 Å². The Morgan fingerprint density at radius 1 is 1.45 bits per heavy atom. The first-order chi connectivity index (χ1) is 9.36. The molecule has 0 aromatic carbocycles. The number of furan rings is 1. The van der Waals surface area contributed by atoms with E-state index in [9.17, 15) is 13.2 Å². The predicted octanol–water partition coefficient (Wildman–Crippen LogP) is 1.68. The highest BCUT2D eigenvalue weighted by Crippen LogP contribution is 2.21. The first kappa shape index (κ1) is 14.5. The average Bonchev–Trinajstić information content (AvgIpc) is 2.96. The number of alkyl halides is 3. The van der Waals surface area contributed by atoms with E-state index in [1.807, 2.05) is 0 Å². The average molecular weight is 291 g/mol. The number of halogens is 3. The molecule has 0 fully saturated rings. The Labute approximate surface area is 111 Å². The van der Waals surface area contributed by atoms with E-state index in [4.69, 9.17) is 14.0 Å². The Bertz CT molecular complexity index is 539. The van der Waals surface area contributed by atoms with E-state index in [0.29, 0.717) is 11.4 Å². The van der Waals surface area contributed by atoms with Crippen LogP contribution in [0.15, 0.2) is 27.5 Å². The van der Waals surface area contributed by atoms with Gasteiger partial charge in [0.2, 0.25) is 11.7 Å². The summed E-state index contributed by atoms with van der Waals surface area (Å²) < 4.78 is 46.4. The van der Waals surface area contributed by atoms with Gasteiger partial charge in [-0.2, -0.15) is 18.2 Å². The van der Waals surface area contributed by atoms with Crippen molar-refractivity contribution in [3.05, 3.63) is 24.5 Å². The Balaban J connectivity index is 1.94. The van der Waals surface area contributed by atoms with Gasteiger partial charge >= 0.3 is 6.18 Å². The topological polar surface area (TPSA) is 75.5 Å². The second kappa shape index (κ2) is 5.63. The lowest BCUT2D eigenvalue weighted by Gasteiger charge is -2.20. The second-order valence-corrected chi connectivity index (χ2v) is 4.28. The molecular formula is C11H12F3N3O3.